The van der Waals surface area contributed by atoms with Crippen LogP contribution in [0.1, 0.15) is 56.5 Å². The van der Waals surface area contributed by atoms with Crippen LogP contribution in [-0.4, -0.2) is 66.0 Å². The van der Waals surface area contributed by atoms with Gasteiger partial charge in [0.15, 0.2) is 0 Å². The maximum atomic E-state index is 12.7. The van der Waals surface area contributed by atoms with Crippen molar-refractivity contribution in [2.75, 3.05) is 19.7 Å². The van der Waals surface area contributed by atoms with Crippen LogP contribution in [0.5, 0.6) is 0 Å². The fraction of sp³-hybridized carbons (Fsp3) is 0.545. The van der Waals surface area contributed by atoms with E-state index < -0.39 is 17.6 Å². The molecule has 31 heavy (non-hydrogen) atoms. The Balaban J connectivity index is 1.77. The summed E-state index contributed by atoms with van der Waals surface area (Å²) in [5.41, 5.74) is 5.78. The van der Waals surface area contributed by atoms with E-state index in [1.54, 1.807) is 56.9 Å². The summed E-state index contributed by atoms with van der Waals surface area (Å²) in [5.74, 6) is -1.02. The van der Waals surface area contributed by atoms with Crippen LogP contribution in [0.4, 0.5) is 0 Å². The van der Waals surface area contributed by atoms with Gasteiger partial charge in [-0.2, -0.15) is 0 Å². The van der Waals surface area contributed by atoms with Gasteiger partial charge in [0.05, 0.1) is 6.10 Å². The molecule has 1 saturated heterocycles. The van der Waals surface area contributed by atoms with E-state index in [1.165, 1.54) is 0 Å². The van der Waals surface area contributed by atoms with Crippen LogP contribution in [0.25, 0.3) is 0 Å². The second-order valence-corrected chi connectivity index (χ2v) is 8.61. The average molecular weight is 433 g/mol. The number of benzene rings is 1. The molecule has 1 fully saturated rings. The first kappa shape index (κ1) is 24.3. The highest BCUT2D eigenvalue weighted by Crippen LogP contribution is 2.16. The average Bonchev–Trinajstić information content (AvgIpc) is 2.70. The topological polar surface area (TPSA) is 135 Å². The van der Waals surface area contributed by atoms with Gasteiger partial charge < -0.3 is 25.4 Å². The highest BCUT2D eigenvalue weighted by molar-refractivity contribution is 5.99. The Morgan fingerprint density at radius 2 is 1.71 bits per heavy atom. The summed E-state index contributed by atoms with van der Waals surface area (Å²) < 4.78 is 10.8. The van der Waals surface area contributed by atoms with Crippen molar-refractivity contribution in [3.05, 3.63) is 35.4 Å². The SMILES string of the molecule is C[C@H](NC(=O)c1ccc(C(=N)N)cc1)C(=O)N1CCC(OCC(=O)OC(C)(C)C)CC1. The molecule has 170 valence electrons. The van der Waals surface area contributed by atoms with Crippen LogP contribution >= 0.6 is 0 Å². The van der Waals surface area contributed by atoms with Crippen molar-refractivity contribution in [2.24, 2.45) is 5.73 Å². The zero-order valence-electron chi connectivity index (χ0n) is 18.6. The maximum absolute atomic E-state index is 12.7. The van der Waals surface area contributed by atoms with Crippen LogP contribution in [0.2, 0.25) is 0 Å². The maximum Gasteiger partial charge on any atom is 0.332 e. The quantitative estimate of drug-likeness (QED) is 0.339. The molecule has 0 aromatic heterocycles. The van der Waals surface area contributed by atoms with E-state index in [9.17, 15) is 14.4 Å². The number of hydrogen-bond acceptors (Lipinski definition) is 6. The monoisotopic (exact) mass is 432 g/mol. The number of rotatable bonds is 7. The third-order valence-electron chi connectivity index (χ3n) is 4.79. The van der Waals surface area contributed by atoms with Crippen molar-refractivity contribution < 1.29 is 23.9 Å². The molecular formula is C22H32N4O5. The van der Waals surface area contributed by atoms with Crippen LogP contribution in [0, 0.1) is 5.41 Å². The van der Waals surface area contributed by atoms with Crippen LogP contribution < -0.4 is 11.1 Å². The highest BCUT2D eigenvalue weighted by Gasteiger charge is 2.28. The third-order valence-corrected chi connectivity index (χ3v) is 4.79. The number of amides is 2. The molecule has 9 heteroatoms. The molecule has 1 heterocycles. The number of likely N-dealkylation sites (tertiary alicyclic amines) is 1. The zero-order valence-corrected chi connectivity index (χ0v) is 18.6. The Morgan fingerprint density at radius 3 is 2.23 bits per heavy atom. The molecule has 2 amide bonds. The molecule has 0 bridgehead atoms. The summed E-state index contributed by atoms with van der Waals surface area (Å²) in [4.78, 5) is 38.5. The number of nitrogens with two attached hydrogens (primary N) is 1. The number of nitrogens with one attached hydrogen (secondary N) is 2. The number of piperidine rings is 1. The van der Waals surface area contributed by atoms with Crippen molar-refractivity contribution in [1.82, 2.24) is 10.2 Å². The van der Waals surface area contributed by atoms with Crippen LogP contribution in [0.15, 0.2) is 24.3 Å². The number of ether oxygens (including phenoxy) is 2. The van der Waals surface area contributed by atoms with Crippen molar-refractivity contribution in [2.45, 2.75) is 58.3 Å². The molecule has 9 nitrogen and oxygen atoms in total. The Morgan fingerprint density at radius 1 is 1.16 bits per heavy atom. The van der Waals surface area contributed by atoms with E-state index in [2.05, 4.69) is 5.32 Å². The number of nitrogens with zero attached hydrogens (tertiary/aromatic N) is 1. The fourth-order valence-corrected chi connectivity index (χ4v) is 3.22. The summed E-state index contributed by atoms with van der Waals surface area (Å²) in [7, 11) is 0. The molecule has 0 radical (unpaired) electrons. The molecule has 0 saturated carbocycles. The van der Waals surface area contributed by atoms with Crippen molar-refractivity contribution in [3.8, 4) is 0 Å². The van der Waals surface area contributed by atoms with Gasteiger partial charge in [-0.15, -0.1) is 0 Å². The molecule has 0 spiro atoms. The number of nitrogen functional groups attached to an aromatic ring is 1. The molecule has 4 N–H and O–H groups in total. The summed E-state index contributed by atoms with van der Waals surface area (Å²) in [6.45, 7) is 7.93. The molecule has 1 aliphatic rings. The van der Waals surface area contributed by atoms with Gasteiger partial charge in [0.2, 0.25) is 5.91 Å². The first-order valence-electron chi connectivity index (χ1n) is 10.3. The second-order valence-electron chi connectivity index (χ2n) is 8.61. The molecule has 1 atom stereocenters. The van der Waals surface area contributed by atoms with Gasteiger partial charge in [-0.25, -0.2) is 4.79 Å². The van der Waals surface area contributed by atoms with Crippen molar-refractivity contribution in [3.63, 3.8) is 0 Å². The Bertz CT molecular complexity index is 808. The number of carbonyl (C=O) groups excluding carboxylic acids is 3. The molecule has 0 aliphatic carbocycles. The number of esters is 1. The Labute approximate surface area is 182 Å². The lowest BCUT2D eigenvalue weighted by Crippen LogP contribution is -2.50. The summed E-state index contributed by atoms with van der Waals surface area (Å²) >= 11 is 0. The Hall–Kier alpha value is -2.94. The van der Waals surface area contributed by atoms with Crippen LogP contribution in [0.3, 0.4) is 0 Å². The Kier molecular flexibility index (Phi) is 8.15. The predicted molar refractivity (Wildman–Crippen MR) is 116 cm³/mol. The van der Waals surface area contributed by atoms with E-state index in [0.29, 0.717) is 37.1 Å². The van der Waals surface area contributed by atoms with Gasteiger partial charge in [0.1, 0.15) is 24.1 Å². The molecule has 0 unspecified atom stereocenters. The second kappa shape index (κ2) is 10.4. The minimum Gasteiger partial charge on any atom is -0.458 e. The lowest BCUT2D eigenvalue weighted by Gasteiger charge is -2.33. The van der Waals surface area contributed by atoms with Gasteiger partial charge in [-0.1, -0.05) is 12.1 Å². The lowest BCUT2D eigenvalue weighted by atomic mass is 10.1. The van der Waals surface area contributed by atoms with Crippen LogP contribution in [-0.2, 0) is 19.1 Å². The summed E-state index contributed by atoms with van der Waals surface area (Å²) in [6, 6.07) is 5.63. The van der Waals surface area contributed by atoms with E-state index in [0.717, 1.165) is 0 Å². The predicted octanol–water partition coefficient (Wildman–Crippen LogP) is 1.44. The van der Waals surface area contributed by atoms with Crippen molar-refractivity contribution >= 4 is 23.6 Å². The summed E-state index contributed by atoms with van der Waals surface area (Å²) in [5, 5.41) is 10.1. The minimum absolute atomic E-state index is 0.0750. The fourth-order valence-electron chi connectivity index (χ4n) is 3.22. The van der Waals surface area contributed by atoms with E-state index >= 15 is 0 Å². The molecule has 2 rings (SSSR count). The summed E-state index contributed by atoms with van der Waals surface area (Å²) in [6.07, 6.45) is 1.12. The molecular weight excluding hydrogens is 400 g/mol. The van der Waals surface area contributed by atoms with Gasteiger partial charge in [-0.05, 0) is 52.7 Å². The normalized spacial score (nSPS) is 15.8. The smallest absolute Gasteiger partial charge is 0.332 e. The van der Waals surface area contributed by atoms with Gasteiger partial charge >= 0.3 is 5.97 Å². The largest absolute Gasteiger partial charge is 0.458 e. The zero-order chi connectivity index (χ0) is 23.2. The molecule has 1 aliphatic heterocycles. The lowest BCUT2D eigenvalue weighted by molar-refractivity contribution is -0.163. The van der Waals surface area contributed by atoms with E-state index in [4.69, 9.17) is 20.6 Å². The number of hydrogen-bond donors (Lipinski definition) is 3. The first-order chi connectivity index (χ1) is 14.5. The van der Waals surface area contributed by atoms with Crippen molar-refractivity contribution in [1.29, 1.82) is 5.41 Å². The third kappa shape index (κ3) is 7.67. The van der Waals surface area contributed by atoms with E-state index in [1.807, 2.05) is 0 Å². The first-order valence-corrected chi connectivity index (χ1v) is 10.3. The number of amidine groups is 1. The standard InChI is InChI=1S/C22H32N4O5/c1-14(25-20(28)16-7-5-15(6-8-16)19(23)24)21(29)26-11-9-17(10-12-26)30-13-18(27)31-22(2,3)4/h5-8,14,17H,9-13H2,1-4H3,(H3,23,24)(H,25,28)/t14-/m0/s1. The highest BCUT2D eigenvalue weighted by atomic mass is 16.6. The van der Waals surface area contributed by atoms with Gasteiger partial charge in [-0.3, -0.25) is 15.0 Å². The van der Waals surface area contributed by atoms with E-state index in [-0.39, 0.29) is 30.4 Å². The molecule has 1 aromatic carbocycles. The number of carbonyl (C=O) groups is 3. The minimum atomic E-state index is -0.681. The molecule has 1 aromatic rings. The van der Waals surface area contributed by atoms with Gasteiger partial charge in [0.25, 0.3) is 5.91 Å². The van der Waals surface area contributed by atoms with Gasteiger partial charge in [0, 0.05) is 24.2 Å².